The molecule has 0 bridgehead atoms. The molecular weight excluding hydrogens is 388 g/mol. The molecule has 2 atom stereocenters. The van der Waals surface area contributed by atoms with Crippen LogP contribution in [0.3, 0.4) is 0 Å². The predicted octanol–water partition coefficient (Wildman–Crippen LogP) is 1.14. The van der Waals surface area contributed by atoms with Crippen molar-refractivity contribution in [3.05, 3.63) is 34.6 Å². The third-order valence-corrected chi connectivity index (χ3v) is 4.93. The van der Waals surface area contributed by atoms with Gasteiger partial charge in [0.2, 0.25) is 5.95 Å². The summed E-state index contributed by atoms with van der Waals surface area (Å²) in [5.74, 6) is -0.988. The topological polar surface area (TPSA) is 133 Å². The number of halogens is 1. The second kappa shape index (κ2) is 8.53. The molecule has 0 aliphatic carbocycles. The van der Waals surface area contributed by atoms with E-state index in [1.807, 2.05) is 11.8 Å². The Balaban J connectivity index is 1.68. The number of imidazole rings is 1. The zero-order chi connectivity index (χ0) is 20.3. The molecule has 3 rings (SSSR count). The van der Waals surface area contributed by atoms with E-state index in [1.54, 1.807) is 7.11 Å². The molecule has 0 spiro atoms. The number of rotatable bonds is 6. The van der Waals surface area contributed by atoms with Gasteiger partial charge in [0, 0.05) is 26.4 Å². The molecule has 0 radical (unpaired) electrons. The minimum Gasteiger partial charge on any atom is -0.477 e. The molecule has 3 N–H and O–H groups in total. The molecule has 0 aromatic carbocycles. The molecule has 1 aliphatic rings. The van der Waals surface area contributed by atoms with Crippen LogP contribution in [0.15, 0.2) is 12.3 Å². The van der Waals surface area contributed by atoms with E-state index in [2.05, 4.69) is 25.3 Å². The van der Waals surface area contributed by atoms with Crippen molar-refractivity contribution in [1.82, 2.24) is 25.3 Å². The fourth-order valence-corrected chi connectivity index (χ4v) is 3.35. The van der Waals surface area contributed by atoms with E-state index in [0.717, 1.165) is 0 Å². The summed E-state index contributed by atoms with van der Waals surface area (Å²) in [6.07, 6.45) is 2.30. The minimum atomic E-state index is -1.11. The predicted molar refractivity (Wildman–Crippen MR) is 101 cm³/mol. The van der Waals surface area contributed by atoms with Crippen LogP contribution >= 0.6 is 11.6 Å². The van der Waals surface area contributed by atoms with Gasteiger partial charge in [0.25, 0.3) is 5.91 Å². The number of nitrogens with zero attached hydrogens (tertiary/aromatic N) is 4. The molecule has 28 heavy (non-hydrogen) atoms. The number of amides is 1. The van der Waals surface area contributed by atoms with Crippen molar-refractivity contribution < 1.29 is 19.4 Å². The molecule has 2 aromatic rings. The normalized spacial score (nSPS) is 19.5. The Bertz CT molecular complexity index is 873. The fraction of sp³-hybridized carbons (Fsp3) is 0.471. The van der Waals surface area contributed by atoms with Crippen LogP contribution in [0.4, 0.5) is 5.95 Å². The highest BCUT2D eigenvalue weighted by Gasteiger charge is 2.32. The smallest absolute Gasteiger partial charge is 0.354 e. The summed E-state index contributed by atoms with van der Waals surface area (Å²) in [4.78, 5) is 40.6. The van der Waals surface area contributed by atoms with E-state index in [-0.39, 0.29) is 29.6 Å². The van der Waals surface area contributed by atoms with Gasteiger partial charge in [0.1, 0.15) is 0 Å². The van der Waals surface area contributed by atoms with Crippen molar-refractivity contribution in [3.63, 3.8) is 0 Å². The van der Waals surface area contributed by atoms with Gasteiger partial charge >= 0.3 is 5.97 Å². The van der Waals surface area contributed by atoms with Crippen LogP contribution in [-0.4, -0.2) is 69.3 Å². The fourth-order valence-electron chi connectivity index (χ4n) is 3.09. The lowest BCUT2D eigenvalue weighted by molar-refractivity contribution is 0.0534. The first-order valence-corrected chi connectivity index (χ1v) is 9.20. The van der Waals surface area contributed by atoms with Gasteiger partial charge in [-0.15, -0.1) is 0 Å². The number of carbonyl (C=O) groups is 2. The second-order valence-corrected chi connectivity index (χ2v) is 6.70. The monoisotopic (exact) mass is 408 g/mol. The van der Waals surface area contributed by atoms with Gasteiger partial charge in [-0.2, -0.15) is 0 Å². The van der Waals surface area contributed by atoms with E-state index >= 15 is 0 Å². The average Bonchev–Trinajstić information content (AvgIpc) is 3.09. The van der Waals surface area contributed by atoms with Crippen molar-refractivity contribution in [1.29, 1.82) is 0 Å². The van der Waals surface area contributed by atoms with Gasteiger partial charge in [-0.05, 0) is 18.9 Å². The first kappa shape index (κ1) is 20.0. The van der Waals surface area contributed by atoms with Crippen molar-refractivity contribution in [2.24, 2.45) is 0 Å². The molecule has 10 nitrogen and oxygen atoms in total. The number of aromatic carboxylic acids is 1. The zero-order valence-corrected chi connectivity index (χ0v) is 16.2. The molecular formula is C17H21ClN6O4. The van der Waals surface area contributed by atoms with Crippen LogP contribution in [-0.2, 0) is 11.2 Å². The van der Waals surface area contributed by atoms with Crippen molar-refractivity contribution in [2.45, 2.75) is 31.9 Å². The summed E-state index contributed by atoms with van der Waals surface area (Å²) in [5, 5.41) is 12.3. The number of aryl methyl sites for hydroxylation is 1. The van der Waals surface area contributed by atoms with E-state index in [1.165, 1.54) is 12.3 Å². The molecule has 1 unspecified atom stereocenters. The van der Waals surface area contributed by atoms with Crippen molar-refractivity contribution in [2.75, 3.05) is 25.1 Å². The second-order valence-electron chi connectivity index (χ2n) is 6.34. The lowest BCUT2D eigenvalue weighted by atomic mass is 10.0. The lowest BCUT2D eigenvalue weighted by Crippen LogP contribution is -2.55. The van der Waals surface area contributed by atoms with Gasteiger partial charge in [0.15, 0.2) is 16.7 Å². The maximum absolute atomic E-state index is 12.5. The van der Waals surface area contributed by atoms with E-state index in [0.29, 0.717) is 42.7 Å². The number of carboxylic acid groups (broad SMARTS) is 1. The van der Waals surface area contributed by atoms with Crippen LogP contribution in [0.1, 0.15) is 40.1 Å². The highest BCUT2D eigenvalue weighted by Crippen LogP contribution is 2.19. The van der Waals surface area contributed by atoms with Gasteiger partial charge in [-0.3, -0.25) is 4.79 Å². The maximum atomic E-state index is 12.5. The van der Waals surface area contributed by atoms with Crippen molar-refractivity contribution in [3.8, 4) is 0 Å². The number of aromatic nitrogens is 4. The Morgan fingerprint density at radius 1 is 1.46 bits per heavy atom. The Hall–Kier alpha value is -2.72. The number of carboxylic acids is 1. The zero-order valence-electron chi connectivity index (χ0n) is 15.5. The van der Waals surface area contributed by atoms with E-state index < -0.39 is 5.97 Å². The number of hydrogen-bond acceptors (Lipinski definition) is 7. The van der Waals surface area contributed by atoms with Crippen molar-refractivity contribution >= 4 is 29.4 Å². The average molecular weight is 409 g/mol. The summed E-state index contributed by atoms with van der Waals surface area (Å²) in [7, 11) is 1.56. The number of hydrogen-bond donors (Lipinski definition) is 3. The molecule has 1 aliphatic heterocycles. The lowest BCUT2D eigenvalue weighted by Gasteiger charge is -2.37. The first-order valence-electron chi connectivity index (χ1n) is 8.82. The maximum Gasteiger partial charge on any atom is 0.354 e. The number of H-pyrrole nitrogens is 1. The summed E-state index contributed by atoms with van der Waals surface area (Å²) < 4.78 is 5.54. The quantitative estimate of drug-likeness (QED) is 0.647. The van der Waals surface area contributed by atoms with Crippen LogP contribution in [0.25, 0.3) is 0 Å². The molecule has 1 amide bonds. The molecule has 11 heteroatoms. The van der Waals surface area contributed by atoms with E-state index in [4.69, 9.17) is 21.4 Å². The van der Waals surface area contributed by atoms with Crippen LogP contribution in [0, 0.1) is 0 Å². The van der Waals surface area contributed by atoms with Gasteiger partial charge in [-0.25, -0.2) is 19.7 Å². The van der Waals surface area contributed by atoms with Gasteiger partial charge in [0.05, 0.1) is 17.8 Å². The molecule has 1 saturated heterocycles. The molecule has 150 valence electrons. The number of piperidine rings is 1. The Morgan fingerprint density at radius 3 is 2.89 bits per heavy atom. The Labute approximate surface area is 166 Å². The third kappa shape index (κ3) is 4.23. The largest absolute Gasteiger partial charge is 0.477 e. The third-order valence-electron chi connectivity index (χ3n) is 4.62. The number of methoxy groups -OCH3 is 1. The van der Waals surface area contributed by atoms with Gasteiger partial charge < -0.3 is 25.0 Å². The Morgan fingerprint density at radius 2 is 2.25 bits per heavy atom. The highest BCUT2D eigenvalue weighted by atomic mass is 35.5. The molecule has 0 saturated carbocycles. The van der Waals surface area contributed by atoms with Crippen LogP contribution in [0.2, 0.25) is 5.15 Å². The first-order chi connectivity index (χ1) is 13.4. The summed E-state index contributed by atoms with van der Waals surface area (Å²) in [6.45, 7) is 2.86. The minimum absolute atomic E-state index is 0.0733. The molecule has 3 heterocycles. The summed E-state index contributed by atoms with van der Waals surface area (Å²) in [6, 6.07) is 1.09. The number of carbonyl (C=O) groups excluding carboxylic acids is 1. The van der Waals surface area contributed by atoms with E-state index in [9.17, 15) is 9.59 Å². The molecule has 1 fully saturated rings. The standard InChI is InChI=1S/C17H21ClN6O4/c1-3-9-13(18)23-14(20-9)15(25)21-10-5-7-24(8-12(10)28-2)17-19-6-4-11(22-17)16(26)27/h4,6,10,12H,3,5,7-8H2,1-2H3,(H,20,23)(H,21,25)(H,26,27)/t10?,12-/m0/s1. The summed E-state index contributed by atoms with van der Waals surface area (Å²) >= 11 is 6.00. The number of anilines is 1. The summed E-state index contributed by atoms with van der Waals surface area (Å²) in [5.41, 5.74) is 0.635. The van der Waals surface area contributed by atoms with Crippen LogP contribution < -0.4 is 10.2 Å². The molecule has 2 aromatic heterocycles. The van der Waals surface area contributed by atoms with Gasteiger partial charge in [-0.1, -0.05) is 18.5 Å². The highest BCUT2D eigenvalue weighted by molar-refractivity contribution is 6.30. The van der Waals surface area contributed by atoms with Crippen LogP contribution in [0.5, 0.6) is 0 Å². The number of aromatic amines is 1. The number of nitrogens with one attached hydrogen (secondary N) is 2. The SMILES string of the molecule is CCc1[nH]c(C(=O)NC2CCN(c3nccc(C(=O)O)n3)C[C@@H]2OC)nc1Cl. The number of ether oxygens (including phenoxy) is 1. The Kier molecular flexibility index (Phi) is 6.10.